The molecule has 0 fully saturated rings. The van der Waals surface area contributed by atoms with Gasteiger partial charge < -0.3 is 4.90 Å². The molecular weight excluding hydrogens is 242 g/mol. The van der Waals surface area contributed by atoms with E-state index in [0.717, 1.165) is 29.1 Å². The molecule has 0 unspecified atom stereocenters. The van der Waals surface area contributed by atoms with Gasteiger partial charge >= 0.3 is 0 Å². The number of hydrogen-bond donors (Lipinski definition) is 0. The van der Waals surface area contributed by atoms with E-state index in [1.807, 2.05) is 0 Å². The van der Waals surface area contributed by atoms with Gasteiger partial charge in [-0.25, -0.2) is 9.97 Å². The number of aromatic nitrogens is 2. The Labute approximate surface area is 104 Å². The lowest BCUT2D eigenvalue weighted by Gasteiger charge is -2.20. The molecule has 0 saturated heterocycles. The Morgan fingerprint density at radius 1 is 1.44 bits per heavy atom. The van der Waals surface area contributed by atoms with Crippen molar-refractivity contribution in [1.29, 1.82) is 0 Å². The van der Waals surface area contributed by atoms with Crippen LogP contribution in [0.25, 0.3) is 10.2 Å². The van der Waals surface area contributed by atoms with Crippen molar-refractivity contribution in [2.45, 2.75) is 13.8 Å². The molecule has 5 heteroatoms. The Morgan fingerprint density at radius 3 is 2.94 bits per heavy atom. The van der Waals surface area contributed by atoms with E-state index in [-0.39, 0.29) is 0 Å². The average Bonchev–Trinajstić information content (AvgIpc) is 2.66. The van der Waals surface area contributed by atoms with Crippen LogP contribution in [0.4, 0.5) is 5.82 Å². The Kier molecular flexibility index (Phi) is 3.61. The van der Waals surface area contributed by atoms with Crippen LogP contribution in [-0.2, 0) is 0 Å². The minimum absolute atomic E-state index is 0.614. The monoisotopic (exact) mass is 255 g/mol. The zero-order chi connectivity index (χ0) is 11.5. The third kappa shape index (κ3) is 2.13. The van der Waals surface area contributed by atoms with Crippen molar-refractivity contribution in [3.63, 3.8) is 0 Å². The number of rotatable bonds is 4. The lowest BCUT2D eigenvalue weighted by atomic mass is 10.3. The van der Waals surface area contributed by atoms with Crippen molar-refractivity contribution in [3.05, 3.63) is 17.3 Å². The van der Waals surface area contributed by atoms with Crippen LogP contribution in [0, 0.1) is 6.92 Å². The number of halogens is 1. The molecule has 86 valence electrons. The first-order valence-corrected chi connectivity index (χ1v) is 6.63. The Hall–Kier alpha value is -0.870. The molecule has 0 atom stereocenters. The fourth-order valence-electron chi connectivity index (χ4n) is 1.73. The van der Waals surface area contributed by atoms with Gasteiger partial charge in [-0.2, -0.15) is 0 Å². The van der Waals surface area contributed by atoms with Crippen LogP contribution in [0.2, 0.25) is 0 Å². The Morgan fingerprint density at radius 2 is 2.25 bits per heavy atom. The first kappa shape index (κ1) is 11.6. The van der Waals surface area contributed by atoms with E-state index in [0.29, 0.717) is 5.88 Å². The first-order chi connectivity index (χ1) is 7.76. The molecule has 2 aromatic rings. The minimum Gasteiger partial charge on any atom is -0.355 e. The van der Waals surface area contributed by atoms with E-state index in [4.69, 9.17) is 11.6 Å². The normalized spacial score (nSPS) is 10.9. The molecule has 0 aliphatic heterocycles. The second-order valence-corrected chi connectivity index (χ2v) is 5.15. The summed E-state index contributed by atoms with van der Waals surface area (Å²) in [7, 11) is 0. The van der Waals surface area contributed by atoms with Gasteiger partial charge in [0.25, 0.3) is 0 Å². The molecule has 2 rings (SSSR count). The van der Waals surface area contributed by atoms with E-state index >= 15 is 0 Å². The van der Waals surface area contributed by atoms with Gasteiger partial charge in [0.2, 0.25) is 0 Å². The van der Waals surface area contributed by atoms with Crippen LogP contribution in [0.15, 0.2) is 12.4 Å². The summed E-state index contributed by atoms with van der Waals surface area (Å²) in [6.07, 6.45) is 1.63. The number of aryl methyl sites for hydroxylation is 1. The van der Waals surface area contributed by atoms with Crippen molar-refractivity contribution in [2.75, 3.05) is 23.9 Å². The second-order valence-electron chi connectivity index (χ2n) is 3.54. The molecule has 0 saturated carbocycles. The highest BCUT2D eigenvalue weighted by Gasteiger charge is 2.11. The van der Waals surface area contributed by atoms with Gasteiger partial charge in [0.05, 0.1) is 5.39 Å². The number of thiophene rings is 1. The Balaban J connectivity index is 2.49. The second kappa shape index (κ2) is 4.97. The van der Waals surface area contributed by atoms with E-state index in [1.54, 1.807) is 17.7 Å². The molecular formula is C11H14ClN3S. The number of anilines is 1. The third-order valence-electron chi connectivity index (χ3n) is 2.47. The molecule has 0 aromatic carbocycles. The zero-order valence-electron chi connectivity index (χ0n) is 9.40. The van der Waals surface area contributed by atoms with Crippen molar-refractivity contribution in [3.8, 4) is 0 Å². The fourth-order valence-corrected chi connectivity index (χ4v) is 2.78. The highest BCUT2D eigenvalue weighted by Crippen LogP contribution is 2.29. The van der Waals surface area contributed by atoms with Gasteiger partial charge in [-0.1, -0.05) is 0 Å². The molecule has 0 bridgehead atoms. The summed E-state index contributed by atoms with van der Waals surface area (Å²) < 4.78 is 0. The van der Waals surface area contributed by atoms with Crippen molar-refractivity contribution < 1.29 is 0 Å². The predicted octanol–water partition coefficient (Wildman–Crippen LogP) is 3.06. The molecule has 3 nitrogen and oxygen atoms in total. The van der Waals surface area contributed by atoms with Crippen LogP contribution >= 0.6 is 22.9 Å². The SMILES string of the molecule is CCN(CCCl)c1ncnc2sc(C)cc12. The summed E-state index contributed by atoms with van der Waals surface area (Å²) in [4.78, 5) is 13.2. The van der Waals surface area contributed by atoms with E-state index in [2.05, 4.69) is 34.8 Å². The topological polar surface area (TPSA) is 29.0 Å². The smallest absolute Gasteiger partial charge is 0.140 e. The van der Waals surface area contributed by atoms with Gasteiger partial charge in [-0.15, -0.1) is 22.9 Å². The lowest BCUT2D eigenvalue weighted by Crippen LogP contribution is -2.26. The Bertz CT molecular complexity index is 483. The maximum atomic E-state index is 5.80. The van der Waals surface area contributed by atoms with Crippen LogP contribution in [-0.4, -0.2) is 28.9 Å². The first-order valence-electron chi connectivity index (χ1n) is 5.28. The highest BCUT2D eigenvalue weighted by molar-refractivity contribution is 7.18. The standard InChI is InChI=1S/C11H14ClN3S/c1-3-15(5-4-12)10-9-6-8(2)16-11(9)14-7-13-10/h6-7H,3-5H2,1-2H3. The summed E-state index contributed by atoms with van der Waals surface area (Å²) in [5.74, 6) is 1.61. The third-order valence-corrected chi connectivity index (χ3v) is 3.59. The van der Waals surface area contributed by atoms with Crippen LogP contribution in [0.1, 0.15) is 11.8 Å². The molecule has 2 aromatic heterocycles. The maximum absolute atomic E-state index is 5.80. The summed E-state index contributed by atoms with van der Waals surface area (Å²) in [6, 6.07) is 2.15. The molecule has 0 spiro atoms. The molecule has 2 heterocycles. The average molecular weight is 256 g/mol. The minimum atomic E-state index is 0.614. The molecule has 16 heavy (non-hydrogen) atoms. The van der Waals surface area contributed by atoms with E-state index < -0.39 is 0 Å². The van der Waals surface area contributed by atoms with Crippen LogP contribution in [0.3, 0.4) is 0 Å². The zero-order valence-corrected chi connectivity index (χ0v) is 11.0. The number of nitrogens with zero attached hydrogens (tertiary/aromatic N) is 3. The summed E-state index contributed by atoms with van der Waals surface area (Å²) in [5, 5.41) is 1.14. The molecule has 0 radical (unpaired) electrons. The number of fused-ring (bicyclic) bond motifs is 1. The van der Waals surface area contributed by atoms with Crippen LogP contribution < -0.4 is 4.90 Å². The van der Waals surface area contributed by atoms with Gasteiger partial charge in [0.15, 0.2) is 0 Å². The predicted molar refractivity (Wildman–Crippen MR) is 70.8 cm³/mol. The summed E-state index contributed by atoms with van der Waals surface area (Å²) >= 11 is 7.50. The van der Waals surface area contributed by atoms with Crippen LogP contribution in [0.5, 0.6) is 0 Å². The van der Waals surface area contributed by atoms with E-state index in [1.165, 1.54) is 4.88 Å². The van der Waals surface area contributed by atoms with Gasteiger partial charge in [0.1, 0.15) is 17.0 Å². The van der Waals surface area contributed by atoms with Gasteiger partial charge in [-0.05, 0) is 19.9 Å². The molecule has 0 N–H and O–H groups in total. The van der Waals surface area contributed by atoms with Crippen molar-refractivity contribution in [2.24, 2.45) is 0 Å². The highest BCUT2D eigenvalue weighted by atomic mass is 35.5. The summed E-state index contributed by atoms with van der Waals surface area (Å²) in [6.45, 7) is 5.93. The quantitative estimate of drug-likeness (QED) is 0.787. The van der Waals surface area contributed by atoms with Gasteiger partial charge in [0, 0.05) is 23.8 Å². The number of alkyl halides is 1. The summed E-state index contributed by atoms with van der Waals surface area (Å²) in [5.41, 5.74) is 0. The van der Waals surface area contributed by atoms with Crippen molar-refractivity contribution in [1.82, 2.24) is 9.97 Å². The van der Waals surface area contributed by atoms with Gasteiger partial charge in [-0.3, -0.25) is 0 Å². The number of hydrogen-bond acceptors (Lipinski definition) is 4. The van der Waals surface area contributed by atoms with Crippen molar-refractivity contribution >= 4 is 39.0 Å². The fraction of sp³-hybridized carbons (Fsp3) is 0.455. The lowest BCUT2D eigenvalue weighted by molar-refractivity contribution is 0.852. The molecule has 0 amide bonds. The largest absolute Gasteiger partial charge is 0.355 e. The molecule has 0 aliphatic carbocycles. The maximum Gasteiger partial charge on any atom is 0.140 e. The van der Waals surface area contributed by atoms with E-state index in [9.17, 15) is 0 Å². The molecule has 0 aliphatic rings.